The van der Waals surface area contributed by atoms with Crippen molar-refractivity contribution in [3.8, 4) is 11.5 Å². The molecule has 0 bridgehead atoms. The Morgan fingerprint density at radius 3 is 2.78 bits per heavy atom. The third kappa shape index (κ3) is 3.10. The molecule has 7 heteroatoms. The van der Waals surface area contributed by atoms with Crippen LogP contribution >= 0.6 is 11.3 Å². The zero-order chi connectivity index (χ0) is 16.6. The topological polar surface area (TPSA) is 63.7 Å². The Morgan fingerprint density at radius 2 is 2.09 bits per heavy atom. The SMILES string of the molecule is Cc1nc(C(C)N(C)C(=O)Nc2ccc3c(c2)OCO3)c(C)s1. The lowest BCUT2D eigenvalue weighted by molar-refractivity contribution is 0.174. The summed E-state index contributed by atoms with van der Waals surface area (Å²) in [6.45, 7) is 6.19. The number of rotatable bonds is 3. The molecule has 1 aromatic heterocycles. The molecule has 0 saturated heterocycles. The number of benzene rings is 1. The van der Waals surface area contributed by atoms with Gasteiger partial charge in [0.25, 0.3) is 0 Å². The summed E-state index contributed by atoms with van der Waals surface area (Å²) in [4.78, 5) is 19.8. The van der Waals surface area contributed by atoms with Gasteiger partial charge in [-0.3, -0.25) is 0 Å². The molecule has 0 fully saturated rings. The standard InChI is InChI=1S/C16H19N3O3S/c1-9(15-10(2)23-11(3)17-15)19(4)16(20)18-12-5-6-13-14(7-12)22-8-21-13/h5-7,9H,8H2,1-4H3,(H,18,20). The van der Waals surface area contributed by atoms with E-state index in [-0.39, 0.29) is 18.9 Å². The van der Waals surface area contributed by atoms with Gasteiger partial charge in [-0.1, -0.05) is 0 Å². The molecule has 122 valence electrons. The van der Waals surface area contributed by atoms with Crippen molar-refractivity contribution >= 4 is 23.1 Å². The van der Waals surface area contributed by atoms with Gasteiger partial charge in [-0.2, -0.15) is 0 Å². The highest BCUT2D eigenvalue weighted by Gasteiger charge is 2.22. The van der Waals surface area contributed by atoms with Gasteiger partial charge in [0.05, 0.1) is 16.7 Å². The van der Waals surface area contributed by atoms with Crippen molar-refractivity contribution in [2.45, 2.75) is 26.8 Å². The van der Waals surface area contributed by atoms with E-state index in [1.807, 2.05) is 20.8 Å². The minimum Gasteiger partial charge on any atom is -0.454 e. The Hall–Kier alpha value is -2.28. The monoisotopic (exact) mass is 333 g/mol. The fourth-order valence-electron chi connectivity index (χ4n) is 2.48. The summed E-state index contributed by atoms with van der Waals surface area (Å²) in [5, 5.41) is 3.88. The zero-order valence-corrected chi connectivity index (χ0v) is 14.4. The maximum absolute atomic E-state index is 12.5. The number of hydrogen-bond donors (Lipinski definition) is 1. The van der Waals surface area contributed by atoms with E-state index in [2.05, 4.69) is 10.3 Å². The molecule has 0 saturated carbocycles. The van der Waals surface area contributed by atoms with Gasteiger partial charge in [0.1, 0.15) is 0 Å². The number of anilines is 1. The number of fused-ring (bicyclic) bond motifs is 1. The quantitative estimate of drug-likeness (QED) is 0.930. The number of nitrogens with one attached hydrogen (secondary N) is 1. The van der Waals surface area contributed by atoms with Gasteiger partial charge < -0.3 is 19.7 Å². The number of nitrogens with zero attached hydrogens (tertiary/aromatic N) is 2. The van der Waals surface area contributed by atoms with Crippen LogP contribution in [-0.4, -0.2) is 29.8 Å². The van der Waals surface area contributed by atoms with E-state index in [4.69, 9.17) is 9.47 Å². The van der Waals surface area contributed by atoms with E-state index in [0.29, 0.717) is 17.2 Å². The number of hydrogen-bond acceptors (Lipinski definition) is 5. The summed E-state index contributed by atoms with van der Waals surface area (Å²) in [6.07, 6.45) is 0. The van der Waals surface area contributed by atoms with Crippen molar-refractivity contribution < 1.29 is 14.3 Å². The van der Waals surface area contributed by atoms with Gasteiger partial charge in [-0.25, -0.2) is 9.78 Å². The first kappa shape index (κ1) is 15.6. The molecule has 0 spiro atoms. The molecule has 0 aliphatic carbocycles. The second-order valence-electron chi connectivity index (χ2n) is 5.46. The predicted molar refractivity (Wildman–Crippen MR) is 89.3 cm³/mol. The highest BCUT2D eigenvalue weighted by Crippen LogP contribution is 2.34. The molecule has 2 heterocycles. The molecule has 1 N–H and O–H groups in total. The molecule has 3 rings (SSSR count). The Bertz CT molecular complexity index is 744. The van der Waals surface area contributed by atoms with Gasteiger partial charge in [-0.15, -0.1) is 11.3 Å². The highest BCUT2D eigenvalue weighted by molar-refractivity contribution is 7.11. The Labute approximate surface area is 139 Å². The fraction of sp³-hybridized carbons (Fsp3) is 0.375. The second kappa shape index (κ2) is 6.08. The number of ether oxygens (including phenoxy) is 2. The van der Waals surface area contributed by atoms with Crippen LogP contribution < -0.4 is 14.8 Å². The van der Waals surface area contributed by atoms with Crippen molar-refractivity contribution in [1.29, 1.82) is 0 Å². The smallest absolute Gasteiger partial charge is 0.322 e. The number of carbonyl (C=O) groups excluding carboxylic acids is 1. The Balaban J connectivity index is 1.71. The zero-order valence-electron chi connectivity index (χ0n) is 13.5. The lowest BCUT2D eigenvalue weighted by atomic mass is 10.2. The van der Waals surface area contributed by atoms with Crippen molar-refractivity contribution in [2.24, 2.45) is 0 Å². The molecule has 6 nitrogen and oxygen atoms in total. The maximum atomic E-state index is 12.5. The van der Waals surface area contributed by atoms with Crippen LogP contribution in [0, 0.1) is 13.8 Å². The normalized spacial score (nSPS) is 13.7. The average molecular weight is 333 g/mol. The molecule has 2 amide bonds. The fourth-order valence-corrected chi connectivity index (χ4v) is 3.39. The van der Waals surface area contributed by atoms with Gasteiger partial charge in [-0.05, 0) is 32.9 Å². The number of amides is 2. The number of urea groups is 1. The van der Waals surface area contributed by atoms with E-state index < -0.39 is 0 Å². The van der Waals surface area contributed by atoms with Crippen LogP contribution in [0.15, 0.2) is 18.2 Å². The van der Waals surface area contributed by atoms with Crippen LogP contribution in [-0.2, 0) is 0 Å². The molecule has 1 aromatic carbocycles. The maximum Gasteiger partial charge on any atom is 0.322 e. The molecule has 23 heavy (non-hydrogen) atoms. The van der Waals surface area contributed by atoms with Crippen molar-refractivity contribution in [1.82, 2.24) is 9.88 Å². The van der Waals surface area contributed by atoms with E-state index in [0.717, 1.165) is 15.6 Å². The van der Waals surface area contributed by atoms with E-state index in [9.17, 15) is 4.79 Å². The highest BCUT2D eigenvalue weighted by atomic mass is 32.1. The Kier molecular flexibility index (Phi) is 4.12. The second-order valence-corrected chi connectivity index (χ2v) is 6.87. The Morgan fingerprint density at radius 1 is 1.35 bits per heavy atom. The minimum absolute atomic E-state index is 0.103. The molecule has 1 aliphatic heterocycles. The summed E-state index contributed by atoms with van der Waals surface area (Å²) in [6, 6.07) is 5.05. The number of thiazole rings is 1. The van der Waals surface area contributed by atoms with Crippen LogP contribution in [0.5, 0.6) is 11.5 Å². The lowest BCUT2D eigenvalue weighted by Crippen LogP contribution is -2.34. The summed E-state index contributed by atoms with van der Waals surface area (Å²) in [5.74, 6) is 1.34. The van der Waals surface area contributed by atoms with E-state index in [1.165, 1.54) is 0 Å². The lowest BCUT2D eigenvalue weighted by Gasteiger charge is -2.24. The van der Waals surface area contributed by atoms with Crippen LogP contribution in [0.1, 0.15) is 28.5 Å². The number of aromatic nitrogens is 1. The van der Waals surface area contributed by atoms with Crippen LogP contribution in [0.3, 0.4) is 0 Å². The minimum atomic E-state index is -0.193. The molecule has 1 atom stereocenters. The van der Waals surface area contributed by atoms with Crippen molar-refractivity contribution in [3.63, 3.8) is 0 Å². The first-order valence-electron chi connectivity index (χ1n) is 7.33. The third-order valence-corrected chi connectivity index (χ3v) is 4.76. The third-order valence-electron chi connectivity index (χ3n) is 3.86. The molecule has 0 radical (unpaired) electrons. The molecular formula is C16H19N3O3S. The average Bonchev–Trinajstić information content (AvgIpc) is 3.11. The van der Waals surface area contributed by atoms with Gasteiger partial charge >= 0.3 is 6.03 Å². The number of aryl methyl sites for hydroxylation is 2. The van der Waals surface area contributed by atoms with E-state index in [1.54, 1.807) is 41.5 Å². The van der Waals surface area contributed by atoms with Gasteiger partial charge in [0.15, 0.2) is 11.5 Å². The van der Waals surface area contributed by atoms with Crippen LogP contribution in [0.2, 0.25) is 0 Å². The van der Waals surface area contributed by atoms with Crippen LogP contribution in [0.4, 0.5) is 10.5 Å². The van der Waals surface area contributed by atoms with Crippen molar-refractivity contribution in [3.05, 3.63) is 33.8 Å². The predicted octanol–water partition coefficient (Wildman–Crippen LogP) is 3.71. The first-order chi connectivity index (χ1) is 11.0. The van der Waals surface area contributed by atoms with Crippen molar-refractivity contribution in [2.75, 3.05) is 19.2 Å². The summed E-state index contributed by atoms with van der Waals surface area (Å²) in [5.41, 5.74) is 1.61. The largest absolute Gasteiger partial charge is 0.454 e. The summed E-state index contributed by atoms with van der Waals surface area (Å²) < 4.78 is 10.6. The molecule has 1 aliphatic rings. The molecule has 1 unspecified atom stereocenters. The molecular weight excluding hydrogens is 314 g/mol. The van der Waals surface area contributed by atoms with Crippen LogP contribution in [0.25, 0.3) is 0 Å². The molecule has 2 aromatic rings. The first-order valence-corrected chi connectivity index (χ1v) is 8.14. The summed E-state index contributed by atoms with van der Waals surface area (Å²) in [7, 11) is 1.76. The number of carbonyl (C=O) groups is 1. The summed E-state index contributed by atoms with van der Waals surface area (Å²) >= 11 is 1.64. The van der Waals surface area contributed by atoms with Gasteiger partial charge in [0.2, 0.25) is 6.79 Å². The van der Waals surface area contributed by atoms with Gasteiger partial charge in [0, 0.05) is 23.7 Å². The van der Waals surface area contributed by atoms with E-state index >= 15 is 0 Å².